The zero-order valence-corrected chi connectivity index (χ0v) is 28.2. The van der Waals surface area contributed by atoms with Gasteiger partial charge in [-0.05, 0) is 37.9 Å². The van der Waals surface area contributed by atoms with Crippen LogP contribution in [0.3, 0.4) is 0 Å². The van der Waals surface area contributed by atoms with Gasteiger partial charge in [0.15, 0.2) is 0 Å². The van der Waals surface area contributed by atoms with Crippen LogP contribution in [0.25, 0.3) is 0 Å². The van der Waals surface area contributed by atoms with Gasteiger partial charge in [0.25, 0.3) is 0 Å². The van der Waals surface area contributed by atoms with E-state index >= 15 is 0 Å². The van der Waals surface area contributed by atoms with Gasteiger partial charge in [0.2, 0.25) is 0 Å². The zero-order chi connectivity index (χ0) is 29.2. The molecule has 0 aliphatic carbocycles. The number of carbonyl (C=O) groups excluding carboxylic acids is 3. The van der Waals surface area contributed by atoms with Crippen LogP contribution in [0.5, 0.6) is 5.75 Å². The average Bonchev–Trinajstić information content (AvgIpc) is 2.82. The summed E-state index contributed by atoms with van der Waals surface area (Å²) < 4.78 is 6.08. The Hall–Kier alpha value is -2.99. The fraction of sp³-hybridized carbons (Fsp3) is 0.300. The first kappa shape index (κ1) is 38.2. The number of carboxylic acid groups (broad SMARTS) is 3. The molecular weight excluding hydrogens is 708 g/mol. The number of para-hydroxylation sites is 1. The van der Waals surface area contributed by atoms with Crippen LogP contribution in [0.4, 0.5) is 0 Å². The van der Waals surface area contributed by atoms with Gasteiger partial charge in [-0.15, -0.1) is 0 Å². The number of carboxylic acids is 3. The van der Waals surface area contributed by atoms with Crippen molar-refractivity contribution in [2.75, 3.05) is 6.61 Å². The van der Waals surface area contributed by atoms with Crippen LogP contribution in [0, 0.1) is 6.07 Å². The molecule has 0 heterocycles. The van der Waals surface area contributed by atoms with Gasteiger partial charge >= 0.3 is 0 Å². The Morgan fingerprint density at radius 2 is 1.08 bits per heavy atom. The van der Waals surface area contributed by atoms with Crippen LogP contribution < -0.4 is 30.4 Å². The molecule has 209 valence electrons. The second-order valence-corrected chi connectivity index (χ2v) is 14.2. The molecule has 0 amide bonds. The fourth-order valence-electron chi connectivity index (χ4n) is 3.92. The fourth-order valence-corrected chi connectivity index (χ4v) is 9.25. The van der Waals surface area contributed by atoms with E-state index in [4.69, 9.17) is 34.4 Å². The molecule has 39 heavy (non-hydrogen) atoms. The summed E-state index contributed by atoms with van der Waals surface area (Å²) in [4.78, 5) is 26.7. The predicted molar refractivity (Wildman–Crippen MR) is 151 cm³/mol. The predicted octanol–water partition coefficient (Wildman–Crippen LogP) is 0.817. The van der Waals surface area contributed by atoms with E-state index < -0.39 is 26.0 Å². The largest absolute Gasteiger partial charge is 0.550 e. The van der Waals surface area contributed by atoms with Gasteiger partial charge in [0.05, 0.1) is 6.61 Å². The third kappa shape index (κ3) is 15.9. The molecule has 7 nitrogen and oxygen atoms in total. The Bertz CT molecular complexity index is 1010. The molecule has 0 aromatic heterocycles. The van der Waals surface area contributed by atoms with Crippen molar-refractivity contribution in [2.24, 2.45) is 0 Å². The van der Waals surface area contributed by atoms with E-state index in [1.807, 2.05) is 24.3 Å². The van der Waals surface area contributed by atoms with E-state index in [0.717, 1.165) is 32.6 Å². The molecule has 0 fully saturated rings. The summed E-state index contributed by atoms with van der Waals surface area (Å²) in [5.74, 6) is -2.43. The number of hydrogen-bond acceptors (Lipinski definition) is 7. The first-order valence-corrected chi connectivity index (χ1v) is 14.2. The van der Waals surface area contributed by atoms with Crippen molar-refractivity contribution in [1.29, 1.82) is 0 Å². The van der Waals surface area contributed by atoms with Crippen LogP contribution in [-0.2, 0) is 14.4 Å². The third-order valence-electron chi connectivity index (χ3n) is 5.23. The molecule has 0 saturated carbocycles. The minimum Gasteiger partial charge on any atom is -0.550 e. The first-order chi connectivity index (χ1) is 17.7. The minimum atomic E-state index is -2.04. The Morgan fingerprint density at radius 3 is 1.38 bits per heavy atom. The molecule has 5 radical (unpaired) electrons. The minimum absolute atomic E-state index is 0. The maximum absolute atomic E-state index is 8.89. The zero-order valence-electron chi connectivity index (χ0n) is 23.4. The summed E-state index contributed by atoms with van der Waals surface area (Å²) in [6.45, 7) is 10.8. The molecular formula is C30H36O7PbSi-3. The standard InChI is InChI=1S/C24H27OSi.3C2H4O2.Pb/c1-24(2,3)26(22-15-9-5-10-16-22,23-17-11-6-12-18-23)20-19-25-21-13-7-4-8-14-21;3*1-2(3)4;/h4-13,15-18H,19-20H2,1-3H3;3*1H3,(H,3,4);/p-3. The summed E-state index contributed by atoms with van der Waals surface area (Å²) in [6.07, 6.45) is 0. The molecule has 0 N–H and O–H groups in total. The molecule has 3 aromatic carbocycles. The molecule has 0 aliphatic rings. The van der Waals surface area contributed by atoms with E-state index in [0.29, 0.717) is 6.61 Å². The molecule has 0 bridgehead atoms. The summed E-state index contributed by atoms with van der Waals surface area (Å²) in [5, 5.41) is 29.8. The van der Waals surface area contributed by atoms with E-state index in [-0.39, 0.29) is 32.3 Å². The molecule has 3 aromatic rings. The Balaban J connectivity index is 0. The van der Waals surface area contributed by atoms with Gasteiger partial charge in [0, 0.05) is 51.3 Å². The number of ether oxygens (including phenoxy) is 1. The van der Waals surface area contributed by atoms with Crippen molar-refractivity contribution in [1.82, 2.24) is 0 Å². The van der Waals surface area contributed by atoms with Crippen molar-refractivity contribution >= 4 is 63.7 Å². The van der Waals surface area contributed by atoms with E-state index in [2.05, 4.69) is 87.5 Å². The number of hydrogen-bond donors (Lipinski definition) is 0. The topological polar surface area (TPSA) is 130 Å². The van der Waals surface area contributed by atoms with Crippen molar-refractivity contribution in [3.63, 3.8) is 0 Å². The number of rotatable bonds is 6. The summed E-state index contributed by atoms with van der Waals surface area (Å²) in [5.41, 5.74) is 0. The van der Waals surface area contributed by atoms with Crippen LogP contribution in [0.2, 0.25) is 11.1 Å². The van der Waals surface area contributed by atoms with Gasteiger partial charge in [-0.2, -0.15) is 0 Å². The van der Waals surface area contributed by atoms with Gasteiger partial charge in [0.1, 0.15) is 13.8 Å². The second-order valence-electron chi connectivity index (χ2n) is 9.19. The number of benzene rings is 3. The molecule has 0 spiro atoms. The maximum atomic E-state index is 8.89. The molecule has 3 rings (SSSR count). The molecule has 0 unspecified atom stereocenters. The van der Waals surface area contributed by atoms with Crippen LogP contribution >= 0.6 is 0 Å². The van der Waals surface area contributed by atoms with Crippen molar-refractivity contribution in [3.8, 4) is 5.75 Å². The number of aliphatic carboxylic acids is 3. The second kappa shape index (κ2) is 20.0. The Labute approximate surface area is 253 Å². The molecule has 0 atom stereocenters. The average molecular weight is 744 g/mol. The van der Waals surface area contributed by atoms with E-state index in [9.17, 15) is 0 Å². The van der Waals surface area contributed by atoms with Gasteiger partial charge in [-0.3, -0.25) is 0 Å². The quantitative estimate of drug-likeness (QED) is 0.342. The van der Waals surface area contributed by atoms with Gasteiger partial charge in [-0.25, -0.2) is 0 Å². The van der Waals surface area contributed by atoms with Crippen LogP contribution in [0.15, 0.2) is 84.9 Å². The first-order valence-electron chi connectivity index (χ1n) is 12.0. The summed E-state index contributed by atoms with van der Waals surface area (Å²) >= 11 is 0. The number of carbonyl (C=O) groups is 3. The SMILES string of the molecule is CC(=O)[O-].CC(=O)[O-].CC(=O)[O-].CC(C)(C)[Si](CCOc1[c]cccc1)(c1ccccc1)c1ccccc1.[Pb]. The van der Waals surface area contributed by atoms with Gasteiger partial charge < -0.3 is 34.4 Å². The van der Waals surface area contributed by atoms with Crippen LogP contribution in [-0.4, -0.2) is 59.9 Å². The molecule has 0 aliphatic heterocycles. The summed E-state index contributed by atoms with van der Waals surface area (Å²) in [6, 6.07) is 34.1. The monoisotopic (exact) mass is 744 g/mol. The van der Waals surface area contributed by atoms with E-state index in [1.165, 1.54) is 10.4 Å². The molecule has 9 heteroatoms. The normalized spacial score (nSPS) is 9.90. The Kier molecular flexibility index (Phi) is 19.6. The smallest absolute Gasteiger partial charge is 0.127 e. The maximum Gasteiger partial charge on any atom is 0.127 e. The van der Waals surface area contributed by atoms with Gasteiger partial charge in [-0.1, -0.05) is 110 Å². The van der Waals surface area contributed by atoms with Crippen LogP contribution in [0.1, 0.15) is 41.5 Å². The van der Waals surface area contributed by atoms with Crippen molar-refractivity contribution in [3.05, 3.63) is 91.0 Å². The molecule has 0 saturated heterocycles. The summed E-state index contributed by atoms with van der Waals surface area (Å²) in [7, 11) is -2.04. The van der Waals surface area contributed by atoms with Crippen molar-refractivity contribution in [2.45, 2.75) is 52.6 Å². The third-order valence-corrected chi connectivity index (χ3v) is 11.4. The van der Waals surface area contributed by atoms with E-state index in [1.54, 1.807) is 0 Å². The Morgan fingerprint density at radius 1 is 0.718 bits per heavy atom. The van der Waals surface area contributed by atoms with Crippen molar-refractivity contribution < 1.29 is 34.4 Å².